The van der Waals surface area contributed by atoms with E-state index in [9.17, 15) is 8.78 Å². The van der Waals surface area contributed by atoms with E-state index in [4.69, 9.17) is 21.4 Å². The predicted molar refractivity (Wildman–Crippen MR) is 88.8 cm³/mol. The van der Waals surface area contributed by atoms with E-state index in [-0.39, 0.29) is 16.3 Å². The molecule has 2 rings (SSSR count). The number of benzene rings is 1. The van der Waals surface area contributed by atoms with E-state index < -0.39 is 17.4 Å². The van der Waals surface area contributed by atoms with Gasteiger partial charge in [0.25, 0.3) is 0 Å². The number of aromatic nitrogens is 2. The van der Waals surface area contributed by atoms with Crippen LogP contribution >= 0.6 is 11.6 Å². The summed E-state index contributed by atoms with van der Waals surface area (Å²) in [4.78, 5) is 0. The maximum atomic E-state index is 13.7. The van der Waals surface area contributed by atoms with Crippen LogP contribution in [-0.4, -0.2) is 28.6 Å². The average Bonchev–Trinajstić information content (AvgIpc) is 2.95. The molecular formula is C16H23ClF2N2O2. The van der Waals surface area contributed by atoms with E-state index in [1.165, 1.54) is 16.9 Å². The summed E-state index contributed by atoms with van der Waals surface area (Å²) in [5.41, 5.74) is 0.207. The second kappa shape index (κ2) is 11.0. The van der Waals surface area contributed by atoms with Crippen molar-refractivity contribution in [2.75, 3.05) is 13.7 Å². The van der Waals surface area contributed by atoms with Gasteiger partial charge in [0.2, 0.25) is 5.82 Å². The molecule has 0 unspecified atom stereocenters. The van der Waals surface area contributed by atoms with Crippen LogP contribution in [0.5, 0.6) is 5.75 Å². The van der Waals surface area contributed by atoms with Crippen molar-refractivity contribution < 1.29 is 18.6 Å². The molecule has 0 aliphatic heterocycles. The quantitative estimate of drug-likeness (QED) is 0.856. The maximum Gasteiger partial charge on any atom is 0.200 e. The Bertz CT molecular complexity index is 604. The standard InChI is InChI=1S/C12H11ClF2N2O2.2C2H6/c1-19-5-4-17-6-8(12(13)16-17)7-2-3-9(18)11(15)10(7)14;2*1-2/h2-3,6,18H,4-5H2,1H3;2*1-2H3. The molecule has 1 aromatic carbocycles. The zero-order chi connectivity index (χ0) is 18.0. The van der Waals surface area contributed by atoms with Crippen LogP contribution in [0.2, 0.25) is 5.15 Å². The van der Waals surface area contributed by atoms with E-state index in [0.29, 0.717) is 13.2 Å². The van der Waals surface area contributed by atoms with Gasteiger partial charge in [-0.1, -0.05) is 39.3 Å². The van der Waals surface area contributed by atoms with E-state index >= 15 is 0 Å². The fourth-order valence-electron chi connectivity index (χ4n) is 1.63. The minimum Gasteiger partial charge on any atom is -0.505 e. The number of hydrogen-bond donors (Lipinski definition) is 1. The molecule has 0 fully saturated rings. The van der Waals surface area contributed by atoms with Gasteiger partial charge in [0.15, 0.2) is 16.7 Å². The lowest BCUT2D eigenvalue weighted by atomic mass is 10.1. The molecule has 1 heterocycles. The van der Waals surface area contributed by atoms with Gasteiger partial charge in [0.1, 0.15) is 0 Å². The molecule has 0 amide bonds. The Morgan fingerprint density at radius 1 is 1.13 bits per heavy atom. The van der Waals surface area contributed by atoms with Crippen LogP contribution in [0.3, 0.4) is 0 Å². The second-order valence-corrected chi connectivity index (χ2v) is 4.21. The zero-order valence-corrected chi connectivity index (χ0v) is 14.8. The number of methoxy groups -OCH3 is 1. The molecule has 0 spiro atoms. The first kappa shape index (κ1) is 21.3. The van der Waals surface area contributed by atoms with Gasteiger partial charge in [-0.2, -0.15) is 9.49 Å². The van der Waals surface area contributed by atoms with Gasteiger partial charge < -0.3 is 9.84 Å². The first-order chi connectivity index (χ1) is 11.0. The topological polar surface area (TPSA) is 47.3 Å². The summed E-state index contributed by atoms with van der Waals surface area (Å²) in [6.45, 7) is 8.86. The molecule has 0 atom stereocenters. The molecule has 2 aromatic rings. The highest BCUT2D eigenvalue weighted by molar-refractivity contribution is 6.32. The molecule has 1 N–H and O–H groups in total. The number of rotatable bonds is 4. The van der Waals surface area contributed by atoms with Crippen LogP contribution in [0, 0.1) is 11.6 Å². The third-order valence-electron chi connectivity index (χ3n) is 2.59. The first-order valence-corrected chi connectivity index (χ1v) is 7.81. The number of halogens is 3. The van der Waals surface area contributed by atoms with Crippen LogP contribution in [0.25, 0.3) is 11.1 Å². The molecule has 1 aromatic heterocycles. The largest absolute Gasteiger partial charge is 0.505 e. The van der Waals surface area contributed by atoms with Crippen LogP contribution in [0.15, 0.2) is 18.3 Å². The fourth-order valence-corrected chi connectivity index (χ4v) is 1.87. The molecular weight excluding hydrogens is 326 g/mol. The zero-order valence-electron chi connectivity index (χ0n) is 14.0. The smallest absolute Gasteiger partial charge is 0.200 e. The fraction of sp³-hybridized carbons (Fsp3) is 0.438. The van der Waals surface area contributed by atoms with E-state index in [2.05, 4.69) is 5.10 Å². The van der Waals surface area contributed by atoms with Crippen LogP contribution in [0.1, 0.15) is 27.7 Å². The molecule has 4 nitrogen and oxygen atoms in total. The predicted octanol–water partition coefficient (Wildman–Crippen LogP) is 4.89. The molecule has 0 saturated carbocycles. The molecule has 0 radical (unpaired) electrons. The normalized spacial score (nSPS) is 9.57. The lowest BCUT2D eigenvalue weighted by Crippen LogP contribution is -2.04. The second-order valence-electron chi connectivity index (χ2n) is 3.85. The third kappa shape index (κ3) is 5.48. The molecule has 7 heteroatoms. The number of aromatic hydroxyl groups is 1. The summed E-state index contributed by atoms with van der Waals surface area (Å²) in [5, 5.41) is 13.1. The molecule has 23 heavy (non-hydrogen) atoms. The van der Waals surface area contributed by atoms with Gasteiger partial charge in [-0.3, -0.25) is 4.68 Å². The molecule has 0 aliphatic carbocycles. The third-order valence-corrected chi connectivity index (χ3v) is 2.87. The summed E-state index contributed by atoms with van der Waals surface area (Å²) in [6.07, 6.45) is 1.50. The lowest BCUT2D eigenvalue weighted by molar-refractivity contribution is 0.183. The van der Waals surface area contributed by atoms with Gasteiger partial charge in [-0.15, -0.1) is 0 Å². The molecule has 0 saturated heterocycles. The number of phenols is 1. The SMILES string of the molecule is CC.CC.COCCn1cc(-c2ccc(O)c(F)c2F)c(Cl)n1. The Morgan fingerprint density at radius 3 is 2.30 bits per heavy atom. The molecule has 130 valence electrons. The van der Waals surface area contributed by atoms with Crippen molar-refractivity contribution in [1.29, 1.82) is 0 Å². The summed E-state index contributed by atoms with van der Waals surface area (Å²) >= 11 is 5.90. The Hall–Kier alpha value is -1.66. The van der Waals surface area contributed by atoms with Crippen molar-refractivity contribution in [3.63, 3.8) is 0 Å². The molecule has 0 aliphatic rings. The van der Waals surface area contributed by atoms with Crippen molar-refractivity contribution in [3.05, 3.63) is 35.1 Å². The summed E-state index contributed by atoms with van der Waals surface area (Å²) < 4.78 is 33.4. The Labute approximate surface area is 140 Å². The van der Waals surface area contributed by atoms with Gasteiger partial charge >= 0.3 is 0 Å². The van der Waals surface area contributed by atoms with Crippen molar-refractivity contribution in [3.8, 4) is 16.9 Å². The van der Waals surface area contributed by atoms with Crippen molar-refractivity contribution in [2.45, 2.75) is 34.2 Å². The van der Waals surface area contributed by atoms with E-state index in [1.807, 2.05) is 27.7 Å². The Morgan fingerprint density at radius 2 is 1.74 bits per heavy atom. The van der Waals surface area contributed by atoms with Crippen LogP contribution in [-0.2, 0) is 11.3 Å². The van der Waals surface area contributed by atoms with Crippen molar-refractivity contribution in [1.82, 2.24) is 9.78 Å². The molecule has 0 bridgehead atoms. The first-order valence-electron chi connectivity index (χ1n) is 7.43. The highest BCUT2D eigenvalue weighted by Gasteiger charge is 2.18. The lowest BCUT2D eigenvalue weighted by Gasteiger charge is -2.03. The van der Waals surface area contributed by atoms with Crippen molar-refractivity contribution >= 4 is 11.6 Å². The van der Waals surface area contributed by atoms with Gasteiger partial charge in [-0.05, 0) is 12.1 Å². The van der Waals surface area contributed by atoms with Crippen molar-refractivity contribution in [2.24, 2.45) is 0 Å². The number of ether oxygens (including phenoxy) is 1. The van der Waals surface area contributed by atoms with Gasteiger partial charge in [0, 0.05) is 24.4 Å². The highest BCUT2D eigenvalue weighted by atomic mass is 35.5. The van der Waals surface area contributed by atoms with E-state index in [0.717, 1.165) is 6.07 Å². The van der Waals surface area contributed by atoms with Crippen LogP contribution < -0.4 is 0 Å². The van der Waals surface area contributed by atoms with Gasteiger partial charge in [0.05, 0.1) is 13.2 Å². The monoisotopic (exact) mass is 348 g/mol. The maximum absolute atomic E-state index is 13.7. The summed E-state index contributed by atoms with van der Waals surface area (Å²) in [5.74, 6) is -3.21. The Kier molecular flexibility index (Phi) is 10.2. The number of nitrogens with zero attached hydrogens (tertiary/aromatic N) is 2. The average molecular weight is 349 g/mol. The van der Waals surface area contributed by atoms with Gasteiger partial charge in [-0.25, -0.2) is 4.39 Å². The Balaban J connectivity index is 0.00000112. The minimum absolute atomic E-state index is 0.0519. The number of phenolic OH excluding ortho intramolecular Hbond substituents is 1. The van der Waals surface area contributed by atoms with Crippen LogP contribution in [0.4, 0.5) is 8.78 Å². The minimum atomic E-state index is -1.31. The highest BCUT2D eigenvalue weighted by Crippen LogP contribution is 2.32. The summed E-state index contributed by atoms with van der Waals surface area (Å²) in [7, 11) is 1.54. The van der Waals surface area contributed by atoms with E-state index in [1.54, 1.807) is 7.11 Å². The summed E-state index contributed by atoms with van der Waals surface area (Å²) in [6, 6.07) is 2.31. The number of hydrogen-bond acceptors (Lipinski definition) is 3.